The molecule has 18 heavy (non-hydrogen) atoms. The molecule has 2 aliphatic rings. The van der Waals surface area contributed by atoms with Gasteiger partial charge < -0.3 is 5.32 Å². The molecule has 0 spiro atoms. The first-order valence-corrected chi connectivity index (χ1v) is 6.42. The second kappa shape index (κ2) is 4.92. The molecule has 2 rings (SSSR count). The van der Waals surface area contributed by atoms with E-state index in [2.05, 4.69) is 22.6 Å². The molecule has 0 radical (unpaired) electrons. The summed E-state index contributed by atoms with van der Waals surface area (Å²) in [6.07, 6.45) is 9.53. The van der Waals surface area contributed by atoms with Crippen molar-refractivity contribution >= 4 is 18.2 Å². The molecule has 0 bridgehead atoms. The van der Waals surface area contributed by atoms with E-state index in [1.54, 1.807) is 13.1 Å². The Morgan fingerprint density at radius 3 is 2.89 bits per heavy atom. The van der Waals surface area contributed by atoms with E-state index in [4.69, 9.17) is 0 Å². The van der Waals surface area contributed by atoms with Crippen LogP contribution in [0.2, 0.25) is 0 Å². The molecular formula is C13H19N3O2. The van der Waals surface area contributed by atoms with Crippen LogP contribution in [-0.4, -0.2) is 28.7 Å². The van der Waals surface area contributed by atoms with Crippen molar-refractivity contribution in [2.75, 3.05) is 0 Å². The summed E-state index contributed by atoms with van der Waals surface area (Å²) in [4.78, 5) is 23.8. The second-order valence-corrected chi connectivity index (χ2v) is 5.04. The molecular weight excluding hydrogens is 230 g/mol. The Labute approximate surface area is 107 Å². The first kappa shape index (κ1) is 12.8. The highest BCUT2D eigenvalue weighted by molar-refractivity contribution is 6.06. The number of rotatable bonds is 3. The third kappa shape index (κ3) is 2.30. The number of carbonyl (C=O) groups is 2. The van der Waals surface area contributed by atoms with Crippen molar-refractivity contribution in [3.8, 4) is 0 Å². The predicted octanol–water partition coefficient (Wildman–Crippen LogP) is 2.05. The summed E-state index contributed by atoms with van der Waals surface area (Å²) in [5, 5.41) is 7.70. The first-order valence-electron chi connectivity index (χ1n) is 6.42. The normalized spacial score (nSPS) is 32.3. The van der Waals surface area contributed by atoms with E-state index >= 15 is 0 Å². The van der Waals surface area contributed by atoms with Gasteiger partial charge in [0.1, 0.15) is 5.54 Å². The average Bonchev–Trinajstić information content (AvgIpc) is 2.60. The number of allylic oxidation sites excluding steroid dienone is 2. The van der Waals surface area contributed by atoms with Gasteiger partial charge in [0.15, 0.2) is 0 Å². The van der Waals surface area contributed by atoms with Crippen LogP contribution in [0.1, 0.15) is 39.5 Å². The van der Waals surface area contributed by atoms with Crippen molar-refractivity contribution in [3.63, 3.8) is 0 Å². The van der Waals surface area contributed by atoms with Crippen LogP contribution in [0, 0.1) is 5.92 Å². The van der Waals surface area contributed by atoms with E-state index in [1.807, 2.05) is 6.92 Å². The van der Waals surface area contributed by atoms with E-state index in [0.717, 1.165) is 24.3 Å². The fraction of sp³-hybridized carbons (Fsp3) is 0.615. The third-order valence-electron chi connectivity index (χ3n) is 3.65. The summed E-state index contributed by atoms with van der Waals surface area (Å²) >= 11 is 0. The van der Waals surface area contributed by atoms with Gasteiger partial charge in [-0.2, -0.15) is 5.10 Å². The van der Waals surface area contributed by atoms with Gasteiger partial charge in [0, 0.05) is 6.21 Å². The minimum Gasteiger partial charge on any atom is -0.322 e. The Balaban J connectivity index is 2.05. The molecule has 5 heteroatoms. The van der Waals surface area contributed by atoms with Crippen molar-refractivity contribution in [1.29, 1.82) is 0 Å². The predicted molar refractivity (Wildman–Crippen MR) is 69.0 cm³/mol. The van der Waals surface area contributed by atoms with Gasteiger partial charge in [-0.15, -0.1) is 5.01 Å². The number of hydrogen-bond acceptors (Lipinski definition) is 3. The minimum atomic E-state index is -0.805. The van der Waals surface area contributed by atoms with Gasteiger partial charge in [0.2, 0.25) is 0 Å². The maximum absolute atomic E-state index is 12.1. The zero-order valence-electron chi connectivity index (χ0n) is 10.8. The van der Waals surface area contributed by atoms with Crippen LogP contribution in [-0.2, 0) is 4.79 Å². The van der Waals surface area contributed by atoms with Gasteiger partial charge >= 0.3 is 6.03 Å². The molecule has 1 heterocycles. The van der Waals surface area contributed by atoms with Crippen molar-refractivity contribution < 1.29 is 9.59 Å². The van der Waals surface area contributed by atoms with Crippen molar-refractivity contribution in [3.05, 3.63) is 12.2 Å². The minimum absolute atomic E-state index is 0.266. The fourth-order valence-corrected chi connectivity index (χ4v) is 2.13. The Kier molecular flexibility index (Phi) is 3.50. The Bertz CT molecular complexity index is 416. The zero-order valence-corrected chi connectivity index (χ0v) is 10.8. The summed E-state index contributed by atoms with van der Waals surface area (Å²) in [5.41, 5.74) is -0.805. The molecule has 5 nitrogen and oxygen atoms in total. The molecule has 1 aliphatic carbocycles. The van der Waals surface area contributed by atoms with Crippen LogP contribution >= 0.6 is 0 Å². The summed E-state index contributed by atoms with van der Waals surface area (Å²) in [6, 6.07) is -0.424. The van der Waals surface area contributed by atoms with E-state index in [0.29, 0.717) is 12.3 Å². The summed E-state index contributed by atoms with van der Waals surface area (Å²) in [6.45, 7) is 3.60. The van der Waals surface area contributed by atoms with Crippen LogP contribution in [0.25, 0.3) is 0 Å². The van der Waals surface area contributed by atoms with E-state index in [-0.39, 0.29) is 5.91 Å². The molecule has 1 saturated heterocycles. The topological polar surface area (TPSA) is 61.8 Å². The highest BCUT2D eigenvalue weighted by Crippen LogP contribution is 2.22. The maximum atomic E-state index is 12.1. The molecule has 0 aromatic heterocycles. The van der Waals surface area contributed by atoms with Gasteiger partial charge in [0.25, 0.3) is 5.91 Å². The third-order valence-corrected chi connectivity index (χ3v) is 3.65. The SMILES string of the molecule is CC[C@@]1(C)NC(=O)N(/N=C\[C@H]2CC=CCC2)C1=O. The second-order valence-electron chi connectivity index (χ2n) is 5.04. The Morgan fingerprint density at radius 2 is 2.33 bits per heavy atom. The molecule has 2 atom stereocenters. The molecule has 1 aliphatic heterocycles. The van der Waals surface area contributed by atoms with Gasteiger partial charge in [-0.25, -0.2) is 4.79 Å². The Morgan fingerprint density at radius 1 is 1.56 bits per heavy atom. The monoisotopic (exact) mass is 249 g/mol. The molecule has 0 unspecified atom stereocenters. The maximum Gasteiger partial charge on any atom is 0.346 e. The molecule has 0 saturated carbocycles. The molecule has 1 N–H and O–H groups in total. The van der Waals surface area contributed by atoms with Crippen molar-refractivity contribution in [1.82, 2.24) is 10.3 Å². The molecule has 0 aromatic carbocycles. The van der Waals surface area contributed by atoms with E-state index < -0.39 is 11.6 Å². The Hall–Kier alpha value is -1.65. The smallest absolute Gasteiger partial charge is 0.322 e. The summed E-state index contributed by atoms with van der Waals surface area (Å²) in [5.74, 6) is 0.0571. The van der Waals surface area contributed by atoms with Gasteiger partial charge in [0.05, 0.1) is 0 Å². The lowest BCUT2D eigenvalue weighted by molar-refractivity contribution is -0.130. The molecule has 1 fully saturated rings. The number of imide groups is 1. The quantitative estimate of drug-likeness (QED) is 0.472. The zero-order chi connectivity index (χ0) is 13.2. The van der Waals surface area contributed by atoms with Gasteiger partial charge in [-0.3, -0.25) is 4.79 Å². The number of nitrogens with one attached hydrogen (secondary N) is 1. The fourth-order valence-electron chi connectivity index (χ4n) is 2.13. The lowest BCUT2D eigenvalue weighted by atomic mass is 9.96. The summed E-state index contributed by atoms with van der Waals surface area (Å²) < 4.78 is 0. The van der Waals surface area contributed by atoms with Crippen LogP contribution in [0.4, 0.5) is 4.79 Å². The van der Waals surface area contributed by atoms with Crippen molar-refractivity contribution in [2.45, 2.75) is 45.1 Å². The van der Waals surface area contributed by atoms with Crippen LogP contribution < -0.4 is 5.32 Å². The number of amides is 3. The highest BCUT2D eigenvalue weighted by atomic mass is 16.2. The highest BCUT2D eigenvalue weighted by Gasteiger charge is 2.46. The number of hydrazone groups is 1. The van der Waals surface area contributed by atoms with Crippen LogP contribution in [0.3, 0.4) is 0 Å². The summed E-state index contributed by atoms with van der Waals surface area (Å²) in [7, 11) is 0. The molecule has 3 amide bonds. The van der Waals surface area contributed by atoms with Crippen LogP contribution in [0.5, 0.6) is 0 Å². The number of hydrogen-bond donors (Lipinski definition) is 1. The van der Waals surface area contributed by atoms with Crippen LogP contribution in [0.15, 0.2) is 17.3 Å². The number of urea groups is 1. The van der Waals surface area contributed by atoms with E-state index in [9.17, 15) is 9.59 Å². The lowest BCUT2D eigenvalue weighted by Crippen LogP contribution is -2.42. The largest absolute Gasteiger partial charge is 0.346 e. The van der Waals surface area contributed by atoms with Gasteiger partial charge in [-0.1, -0.05) is 19.1 Å². The lowest BCUT2D eigenvalue weighted by Gasteiger charge is -2.17. The first-order chi connectivity index (χ1) is 8.57. The average molecular weight is 249 g/mol. The number of nitrogens with zero attached hydrogens (tertiary/aromatic N) is 2. The standard InChI is InChI=1S/C13H19N3O2/c1-3-13(2)11(17)16(12(18)15-13)14-9-10-7-5-4-6-8-10/h4-5,9-10H,3,6-8H2,1-2H3,(H,15,18)/b14-9-/t10-,13+/m0/s1. The van der Waals surface area contributed by atoms with E-state index in [1.165, 1.54) is 0 Å². The molecule has 98 valence electrons. The van der Waals surface area contributed by atoms with Crippen molar-refractivity contribution in [2.24, 2.45) is 11.0 Å². The number of carbonyl (C=O) groups excluding carboxylic acids is 2. The van der Waals surface area contributed by atoms with Gasteiger partial charge in [-0.05, 0) is 38.5 Å². The molecule has 0 aromatic rings.